The van der Waals surface area contributed by atoms with E-state index in [2.05, 4.69) is 5.32 Å². The third-order valence-electron chi connectivity index (χ3n) is 3.10. The van der Waals surface area contributed by atoms with E-state index in [-0.39, 0.29) is 18.0 Å². The van der Waals surface area contributed by atoms with Gasteiger partial charge in [0.15, 0.2) is 0 Å². The lowest BCUT2D eigenvalue weighted by Crippen LogP contribution is -2.53. The van der Waals surface area contributed by atoms with Crippen LogP contribution in [-0.4, -0.2) is 46.1 Å². The molecule has 1 amide bonds. The fourth-order valence-corrected chi connectivity index (χ4v) is 2.15. The molecule has 0 aromatic carbocycles. The number of nitrogens with zero attached hydrogens (tertiary/aromatic N) is 1. The Morgan fingerprint density at radius 2 is 2.00 bits per heavy atom. The first-order chi connectivity index (χ1) is 7.65. The third kappa shape index (κ3) is 3.43. The molecule has 0 bridgehead atoms. The van der Waals surface area contributed by atoms with Gasteiger partial charge >= 0.3 is 5.97 Å². The lowest BCUT2D eigenvalue weighted by molar-refractivity contribution is -0.149. The molecule has 0 aromatic rings. The molecular weight excluding hydrogens is 220 g/mol. The van der Waals surface area contributed by atoms with E-state index in [9.17, 15) is 14.7 Å². The molecule has 0 aliphatic carbocycles. The lowest BCUT2D eigenvalue weighted by atomic mass is 9.99. The SMILES string of the molecule is CC(C)(C)NC(=O)CN1CCCC1(C)C(=O)O. The summed E-state index contributed by atoms with van der Waals surface area (Å²) in [6.45, 7) is 8.23. The van der Waals surface area contributed by atoms with Crippen molar-refractivity contribution in [3.63, 3.8) is 0 Å². The van der Waals surface area contributed by atoms with Crippen LogP contribution in [0, 0.1) is 0 Å². The van der Waals surface area contributed by atoms with E-state index < -0.39 is 11.5 Å². The maximum absolute atomic E-state index is 11.8. The van der Waals surface area contributed by atoms with Gasteiger partial charge in [-0.25, -0.2) is 0 Å². The maximum Gasteiger partial charge on any atom is 0.323 e. The lowest BCUT2D eigenvalue weighted by Gasteiger charge is -2.31. The number of hydrogen-bond acceptors (Lipinski definition) is 3. The fraction of sp³-hybridized carbons (Fsp3) is 0.833. The quantitative estimate of drug-likeness (QED) is 0.769. The first kappa shape index (κ1) is 14.0. The molecule has 5 nitrogen and oxygen atoms in total. The van der Waals surface area contributed by atoms with Crippen LogP contribution in [0.4, 0.5) is 0 Å². The van der Waals surface area contributed by atoms with Gasteiger partial charge in [-0.15, -0.1) is 0 Å². The zero-order chi connectivity index (χ0) is 13.3. The standard InChI is InChI=1S/C12H22N2O3/c1-11(2,3)13-9(15)8-14-7-5-6-12(14,4)10(16)17/h5-8H2,1-4H3,(H,13,15)(H,16,17). The Hall–Kier alpha value is -1.10. The van der Waals surface area contributed by atoms with Crippen LogP contribution in [0.15, 0.2) is 0 Å². The number of carbonyl (C=O) groups is 2. The number of likely N-dealkylation sites (tertiary alicyclic amines) is 1. The maximum atomic E-state index is 11.8. The minimum atomic E-state index is -0.894. The third-order valence-corrected chi connectivity index (χ3v) is 3.10. The predicted molar refractivity (Wildman–Crippen MR) is 64.7 cm³/mol. The van der Waals surface area contributed by atoms with Crippen molar-refractivity contribution in [3.05, 3.63) is 0 Å². The Balaban J connectivity index is 2.63. The van der Waals surface area contributed by atoms with Crippen molar-refractivity contribution in [2.75, 3.05) is 13.1 Å². The average molecular weight is 242 g/mol. The molecule has 1 unspecified atom stereocenters. The van der Waals surface area contributed by atoms with E-state index in [1.54, 1.807) is 11.8 Å². The first-order valence-electron chi connectivity index (χ1n) is 5.95. The molecule has 1 heterocycles. The number of hydrogen-bond donors (Lipinski definition) is 2. The van der Waals surface area contributed by atoms with E-state index in [1.807, 2.05) is 20.8 Å². The van der Waals surface area contributed by atoms with Crippen molar-refractivity contribution < 1.29 is 14.7 Å². The topological polar surface area (TPSA) is 69.6 Å². The van der Waals surface area contributed by atoms with Gasteiger partial charge in [0.1, 0.15) is 5.54 Å². The molecule has 1 aliphatic heterocycles. The zero-order valence-electron chi connectivity index (χ0n) is 11.0. The summed E-state index contributed by atoms with van der Waals surface area (Å²) in [6, 6.07) is 0. The van der Waals surface area contributed by atoms with Gasteiger partial charge in [-0.05, 0) is 47.1 Å². The van der Waals surface area contributed by atoms with Gasteiger partial charge in [0.2, 0.25) is 5.91 Å². The van der Waals surface area contributed by atoms with Crippen molar-refractivity contribution in [2.45, 2.75) is 51.6 Å². The Morgan fingerprint density at radius 3 is 2.47 bits per heavy atom. The number of carboxylic acids is 1. The van der Waals surface area contributed by atoms with Crippen molar-refractivity contribution in [1.82, 2.24) is 10.2 Å². The number of carboxylic acid groups (broad SMARTS) is 1. The van der Waals surface area contributed by atoms with E-state index in [4.69, 9.17) is 0 Å². The molecule has 0 saturated carbocycles. The molecule has 1 fully saturated rings. The van der Waals surface area contributed by atoms with Crippen molar-refractivity contribution >= 4 is 11.9 Å². The summed E-state index contributed by atoms with van der Waals surface area (Å²) in [7, 11) is 0. The first-order valence-corrected chi connectivity index (χ1v) is 5.95. The monoisotopic (exact) mass is 242 g/mol. The second-order valence-electron chi connectivity index (χ2n) is 5.90. The van der Waals surface area contributed by atoms with Crippen molar-refractivity contribution in [3.8, 4) is 0 Å². The summed E-state index contributed by atoms with van der Waals surface area (Å²) in [5, 5.41) is 12.1. The molecular formula is C12H22N2O3. The molecule has 1 rings (SSSR count). The molecule has 0 spiro atoms. The molecule has 98 valence electrons. The Bertz CT molecular complexity index is 322. The van der Waals surface area contributed by atoms with Gasteiger partial charge in [0, 0.05) is 5.54 Å². The molecule has 2 N–H and O–H groups in total. The number of rotatable bonds is 3. The van der Waals surface area contributed by atoms with Gasteiger partial charge in [0.05, 0.1) is 6.54 Å². The summed E-state index contributed by atoms with van der Waals surface area (Å²) in [4.78, 5) is 24.8. The van der Waals surface area contributed by atoms with Gasteiger partial charge in [-0.2, -0.15) is 0 Å². The Labute approximate surface area is 102 Å². The van der Waals surface area contributed by atoms with Crippen LogP contribution in [0.25, 0.3) is 0 Å². The van der Waals surface area contributed by atoms with E-state index >= 15 is 0 Å². The van der Waals surface area contributed by atoms with Crippen LogP contribution in [0.5, 0.6) is 0 Å². The molecule has 5 heteroatoms. The van der Waals surface area contributed by atoms with Crippen LogP contribution < -0.4 is 5.32 Å². The number of amides is 1. The Morgan fingerprint density at radius 1 is 1.41 bits per heavy atom. The highest BCUT2D eigenvalue weighted by Gasteiger charge is 2.44. The summed E-state index contributed by atoms with van der Waals surface area (Å²) in [5.41, 5.74) is -1.17. The predicted octanol–water partition coefficient (Wildman–Crippen LogP) is 0.840. The number of carbonyl (C=O) groups excluding carboxylic acids is 1. The average Bonchev–Trinajstić information content (AvgIpc) is 2.45. The highest BCUT2D eigenvalue weighted by atomic mass is 16.4. The van der Waals surface area contributed by atoms with Gasteiger partial charge in [0.25, 0.3) is 0 Å². The molecule has 1 aliphatic rings. The zero-order valence-corrected chi connectivity index (χ0v) is 11.0. The van der Waals surface area contributed by atoms with Gasteiger partial charge in [-0.3, -0.25) is 14.5 Å². The van der Waals surface area contributed by atoms with Crippen LogP contribution >= 0.6 is 0 Å². The molecule has 0 aromatic heterocycles. The van der Waals surface area contributed by atoms with Crippen molar-refractivity contribution in [2.24, 2.45) is 0 Å². The van der Waals surface area contributed by atoms with E-state index in [1.165, 1.54) is 0 Å². The molecule has 17 heavy (non-hydrogen) atoms. The van der Waals surface area contributed by atoms with Crippen LogP contribution in [-0.2, 0) is 9.59 Å². The van der Waals surface area contributed by atoms with E-state index in [0.717, 1.165) is 6.42 Å². The largest absolute Gasteiger partial charge is 0.480 e. The highest BCUT2D eigenvalue weighted by molar-refractivity contribution is 5.82. The van der Waals surface area contributed by atoms with Crippen molar-refractivity contribution in [1.29, 1.82) is 0 Å². The fourth-order valence-electron chi connectivity index (χ4n) is 2.15. The second-order valence-corrected chi connectivity index (χ2v) is 5.90. The van der Waals surface area contributed by atoms with Gasteiger partial charge in [-0.1, -0.05) is 0 Å². The number of nitrogens with one attached hydrogen (secondary N) is 1. The smallest absolute Gasteiger partial charge is 0.323 e. The minimum absolute atomic E-state index is 0.119. The summed E-state index contributed by atoms with van der Waals surface area (Å²) in [5.74, 6) is -0.967. The van der Waals surface area contributed by atoms with Gasteiger partial charge < -0.3 is 10.4 Å². The molecule has 1 saturated heterocycles. The second kappa shape index (κ2) is 4.64. The normalized spacial score (nSPS) is 25.9. The van der Waals surface area contributed by atoms with E-state index in [0.29, 0.717) is 13.0 Å². The summed E-state index contributed by atoms with van der Waals surface area (Å²) < 4.78 is 0. The highest BCUT2D eigenvalue weighted by Crippen LogP contribution is 2.28. The summed E-state index contributed by atoms with van der Waals surface area (Å²) in [6.07, 6.45) is 1.43. The summed E-state index contributed by atoms with van der Waals surface area (Å²) >= 11 is 0. The van der Waals surface area contributed by atoms with Crippen LogP contribution in [0.3, 0.4) is 0 Å². The van der Waals surface area contributed by atoms with Crippen LogP contribution in [0.1, 0.15) is 40.5 Å². The number of aliphatic carboxylic acids is 1. The molecule has 0 radical (unpaired) electrons. The van der Waals surface area contributed by atoms with Crippen LogP contribution in [0.2, 0.25) is 0 Å². The Kier molecular flexibility index (Phi) is 3.81. The molecule has 1 atom stereocenters. The minimum Gasteiger partial charge on any atom is -0.480 e.